The van der Waals surface area contributed by atoms with Crippen LogP contribution in [0.4, 0.5) is 5.69 Å². The van der Waals surface area contributed by atoms with Gasteiger partial charge in [0.2, 0.25) is 5.91 Å². The Hall–Kier alpha value is -1.71. The van der Waals surface area contributed by atoms with E-state index in [1.165, 1.54) is 0 Å². The van der Waals surface area contributed by atoms with E-state index in [1.54, 1.807) is 0 Å². The van der Waals surface area contributed by atoms with Crippen LogP contribution in [0.2, 0.25) is 0 Å². The number of ether oxygens (including phenoxy) is 1. The second-order valence-electron chi connectivity index (χ2n) is 3.59. The lowest BCUT2D eigenvalue weighted by molar-refractivity contribution is -0.120. The molecule has 0 aliphatic carbocycles. The van der Waals surface area contributed by atoms with Gasteiger partial charge < -0.3 is 15.4 Å². The van der Waals surface area contributed by atoms with Gasteiger partial charge in [-0.1, -0.05) is 6.07 Å². The molecule has 94 valence electrons. The monoisotopic (exact) mass is 236 g/mol. The predicted octanol–water partition coefficient (Wildman–Crippen LogP) is 2.02. The molecule has 17 heavy (non-hydrogen) atoms. The van der Waals surface area contributed by atoms with Gasteiger partial charge in [-0.15, -0.1) is 0 Å². The summed E-state index contributed by atoms with van der Waals surface area (Å²) >= 11 is 0. The Balaban J connectivity index is 2.35. The third-order valence-corrected chi connectivity index (χ3v) is 2.20. The number of hydrogen-bond acceptors (Lipinski definition) is 3. The number of rotatable bonds is 7. The fourth-order valence-corrected chi connectivity index (χ4v) is 1.47. The summed E-state index contributed by atoms with van der Waals surface area (Å²) in [5.41, 5.74) is 0.972. The third kappa shape index (κ3) is 5.24. The lowest BCUT2D eigenvalue weighted by Gasteiger charge is -2.08. The molecule has 0 radical (unpaired) electrons. The highest BCUT2D eigenvalue weighted by molar-refractivity contribution is 5.76. The number of benzene rings is 1. The Morgan fingerprint density at radius 2 is 2.18 bits per heavy atom. The maximum absolute atomic E-state index is 11.2. The molecule has 2 N–H and O–H groups in total. The normalized spacial score (nSPS) is 9.76. The standard InChI is InChI=1S/C13H20N2O2/c1-3-14-13(16)8-9-15-11-6-5-7-12(10-11)17-4-2/h5-7,10,15H,3-4,8-9H2,1-2H3,(H,14,16). The Kier molecular flexibility index (Phi) is 5.93. The molecule has 4 nitrogen and oxygen atoms in total. The maximum atomic E-state index is 11.2. The van der Waals surface area contributed by atoms with E-state index < -0.39 is 0 Å². The number of hydrogen-bond donors (Lipinski definition) is 2. The van der Waals surface area contributed by atoms with Crippen molar-refractivity contribution in [3.8, 4) is 5.75 Å². The van der Waals surface area contributed by atoms with E-state index >= 15 is 0 Å². The Morgan fingerprint density at radius 1 is 1.35 bits per heavy atom. The molecular weight excluding hydrogens is 216 g/mol. The first-order valence-electron chi connectivity index (χ1n) is 5.99. The number of nitrogens with one attached hydrogen (secondary N) is 2. The first-order valence-corrected chi connectivity index (χ1v) is 5.99. The van der Waals surface area contributed by atoms with Crippen molar-refractivity contribution in [1.82, 2.24) is 5.32 Å². The average Bonchev–Trinajstić information content (AvgIpc) is 2.30. The Morgan fingerprint density at radius 3 is 2.88 bits per heavy atom. The summed E-state index contributed by atoms with van der Waals surface area (Å²) in [7, 11) is 0. The van der Waals surface area contributed by atoms with Gasteiger partial charge in [-0.3, -0.25) is 4.79 Å². The van der Waals surface area contributed by atoms with E-state index in [0.29, 0.717) is 26.1 Å². The summed E-state index contributed by atoms with van der Waals surface area (Å²) in [4.78, 5) is 11.2. The van der Waals surface area contributed by atoms with Gasteiger partial charge in [0, 0.05) is 31.3 Å². The molecule has 0 heterocycles. The molecule has 1 aromatic carbocycles. The van der Waals surface area contributed by atoms with Crippen molar-refractivity contribution < 1.29 is 9.53 Å². The second kappa shape index (κ2) is 7.54. The summed E-state index contributed by atoms with van der Waals surface area (Å²) < 4.78 is 5.39. The second-order valence-corrected chi connectivity index (χ2v) is 3.59. The zero-order chi connectivity index (χ0) is 12.5. The zero-order valence-electron chi connectivity index (χ0n) is 10.5. The SMILES string of the molecule is CCNC(=O)CCNc1cccc(OCC)c1. The number of anilines is 1. The van der Waals surface area contributed by atoms with E-state index in [2.05, 4.69) is 10.6 Å². The number of amides is 1. The summed E-state index contributed by atoms with van der Waals surface area (Å²) in [6.07, 6.45) is 0.479. The van der Waals surface area contributed by atoms with E-state index in [-0.39, 0.29) is 5.91 Å². The smallest absolute Gasteiger partial charge is 0.221 e. The molecule has 0 spiro atoms. The van der Waals surface area contributed by atoms with E-state index in [9.17, 15) is 4.79 Å². The van der Waals surface area contributed by atoms with E-state index in [0.717, 1.165) is 11.4 Å². The summed E-state index contributed by atoms with van der Waals surface area (Å²) in [5.74, 6) is 0.913. The molecular formula is C13H20N2O2. The molecule has 1 amide bonds. The lowest BCUT2D eigenvalue weighted by Crippen LogP contribution is -2.24. The van der Waals surface area contributed by atoms with Crippen LogP contribution in [0.3, 0.4) is 0 Å². The van der Waals surface area contributed by atoms with Gasteiger partial charge in [0.1, 0.15) is 5.75 Å². The molecule has 0 aliphatic heterocycles. The van der Waals surface area contributed by atoms with Crippen molar-refractivity contribution in [2.75, 3.05) is 25.0 Å². The van der Waals surface area contributed by atoms with Gasteiger partial charge in [-0.05, 0) is 26.0 Å². The van der Waals surface area contributed by atoms with Crippen molar-refractivity contribution >= 4 is 11.6 Å². The molecule has 0 unspecified atom stereocenters. The van der Waals surface area contributed by atoms with Crippen LogP contribution >= 0.6 is 0 Å². The quantitative estimate of drug-likeness (QED) is 0.761. The number of carbonyl (C=O) groups is 1. The molecule has 0 atom stereocenters. The van der Waals surface area contributed by atoms with Crippen molar-refractivity contribution in [3.63, 3.8) is 0 Å². The van der Waals surface area contributed by atoms with Crippen LogP contribution in [0.5, 0.6) is 5.75 Å². The molecule has 1 rings (SSSR count). The Bertz CT molecular complexity index is 353. The van der Waals surface area contributed by atoms with Gasteiger partial charge in [-0.2, -0.15) is 0 Å². The molecule has 0 saturated heterocycles. The van der Waals surface area contributed by atoms with Gasteiger partial charge in [0.25, 0.3) is 0 Å². The molecule has 4 heteroatoms. The highest BCUT2D eigenvalue weighted by Gasteiger charge is 1.99. The first-order chi connectivity index (χ1) is 8.26. The fourth-order valence-electron chi connectivity index (χ4n) is 1.47. The molecule has 0 aromatic heterocycles. The number of carbonyl (C=O) groups excluding carboxylic acids is 1. The van der Waals surface area contributed by atoms with Gasteiger partial charge in [0.05, 0.1) is 6.61 Å². The largest absolute Gasteiger partial charge is 0.494 e. The lowest BCUT2D eigenvalue weighted by atomic mass is 10.3. The van der Waals surface area contributed by atoms with Gasteiger partial charge in [0.15, 0.2) is 0 Å². The molecule has 0 bridgehead atoms. The maximum Gasteiger partial charge on any atom is 0.221 e. The fraction of sp³-hybridized carbons (Fsp3) is 0.462. The van der Waals surface area contributed by atoms with Crippen LogP contribution in [-0.2, 0) is 4.79 Å². The van der Waals surface area contributed by atoms with Crippen molar-refractivity contribution in [2.24, 2.45) is 0 Å². The summed E-state index contributed by atoms with van der Waals surface area (Å²) in [5, 5.41) is 5.95. The molecule has 1 aromatic rings. The van der Waals surface area contributed by atoms with Gasteiger partial charge in [-0.25, -0.2) is 0 Å². The third-order valence-electron chi connectivity index (χ3n) is 2.20. The van der Waals surface area contributed by atoms with Crippen LogP contribution in [-0.4, -0.2) is 25.6 Å². The van der Waals surface area contributed by atoms with Crippen LogP contribution < -0.4 is 15.4 Å². The first kappa shape index (κ1) is 13.4. The summed E-state index contributed by atoms with van der Waals surface area (Å²) in [6.45, 7) is 5.83. The molecule has 0 aliphatic rings. The molecule has 0 saturated carbocycles. The predicted molar refractivity (Wildman–Crippen MR) is 69.4 cm³/mol. The summed E-state index contributed by atoms with van der Waals surface area (Å²) in [6, 6.07) is 7.74. The van der Waals surface area contributed by atoms with E-state index in [4.69, 9.17) is 4.74 Å². The minimum Gasteiger partial charge on any atom is -0.494 e. The molecule has 0 fully saturated rings. The van der Waals surface area contributed by atoms with Crippen LogP contribution in [0.25, 0.3) is 0 Å². The van der Waals surface area contributed by atoms with Crippen molar-refractivity contribution in [1.29, 1.82) is 0 Å². The minimum atomic E-state index is 0.0703. The minimum absolute atomic E-state index is 0.0703. The average molecular weight is 236 g/mol. The van der Waals surface area contributed by atoms with Crippen LogP contribution in [0, 0.1) is 0 Å². The van der Waals surface area contributed by atoms with Crippen molar-refractivity contribution in [2.45, 2.75) is 20.3 Å². The highest BCUT2D eigenvalue weighted by Crippen LogP contribution is 2.16. The topological polar surface area (TPSA) is 50.4 Å². The van der Waals surface area contributed by atoms with E-state index in [1.807, 2.05) is 38.1 Å². The van der Waals surface area contributed by atoms with Crippen LogP contribution in [0.1, 0.15) is 20.3 Å². The van der Waals surface area contributed by atoms with Crippen molar-refractivity contribution in [3.05, 3.63) is 24.3 Å². The Labute approximate surface area is 102 Å². The zero-order valence-corrected chi connectivity index (χ0v) is 10.5. The highest BCUT2D eigenvalue weighted by atomic mass is 16.5. The van der Waals surface area contributed by atoms with Crippen LogP contribution in [0.15, 0.2) is 24.3 Å². The van der Waals surface area contributed by atoms with Gasteiger partial charge >= 0.3 is 0 Å².